The van der Waals surface area contributed by atoms with Crippen molar-refractivity contribution in [2.45, 2.75) is 24.6 Å². The minimum absolute atomic E-state index is 0.431. The Morgan fingerprint density at radius 2 is 1.50 bits per heavy atom. The standard InChI is InChI=1S/C5H8F5NO/c1-3(11,2-12)4(6,7)5(8,9)10/h12H,2,11H2,1H3. The molecule has 0 aromatic heterocycles. The van der Waals surface area contributed by atoms with Crippen LogP contribution in [0.25, 0.3) is 0 Å². The van der Waals surface area contributed by atoms with Gasteiger partial charge < -0.3 is 10.8 Å². The summed E-state index contributed by atoms with van der Waals surface area (Å²) in [6, 6.07) is 0. The predicted octanol–water partition coefficient (Wildman–Crippen LogP) is 0.894. The second kappa shape index (κ2) is 2.81. The lowest BCUT2D eigenvalue weighted by atomic mass is 9.96. The SMILES string of the molecule is CC(N)(CO)C(F)(F)C(F)(F)F. The Balaban J connectivity index is 4.85. The summed E-state index contributed by atoms with van der Waals surface area (Å²) >= 11 is 0. The van der Waals surface area contributed by atoms with E-state index in [1.165, 1.54) is 0 Å². The summed E-state index contributed by atoms with van der Waals surface area (Å²) in [6.45, 7) is -1.01. The molecule has 0 rings (SSSR count). The van der Waals surface area contributed by atoms with Crippen LogP contribution < -0.4 is 5.73 Å². The number of nitrogens with two attached hydrogens (primary N) is 1. The van der Waals surface area contributed by atoms with Crippen LogP contribution in [0.2, 0.25) is 0 Å². The Morgan fingerprint density at radius 1 is 1.17 bits per heavy atom. The van der Waals surface area contributed by atoms with E-state index in [4.69, 9.17) is 5.11 Å². The highest BCUT2D eigenvalue weighted by molar-refractivity contribution is 4.98. The first-order chi connectivity index (χ1) is 5.06. The molecule has 0 amide bonds. The van der Waals surface area contributed by atoms with Crippen molar-refractivity contribution in [2.24, 2.45) is 5.73 Å². The van der Waals surface area contributed by atoms with Crippen molar-refractivity contribution in [1.82, 2.24) is 0 Å². The number of hydrogen-bond donors (Lipinski definition) is 2. The second-order valence-electron chi connectivity index (χ2n) is 2.65. The number of rotatable bonds is 2. The van der Waals surface area contributed by atoms with Crippen LogP contribution in [-0.2, 0) is 0 Å². The van der Waals surface area contributed by atoms with Gasteiger partial charge in [0.15, 0.2) is 0 Å². The fourth-order valence-corrected chi connectivity index (χ4v) is 0.423. The molecule has 12 heavy (non-hydrogen) atoms. The van der Waals surface area contributed by atoms with Gasteiger partial charge in [-0.2, -0.15) is 22.0 Å². The smallest absolute Gasteiger partial charge is 0.394 e. The average molecular weight is 193 g/mol. The van der Waals surface area contributed by atoms with Crippen molar-refractivity contribution >= 4 is 0 Å². The zero-order chi connectivity index (χ0) is 10.2. The van der Waals surface area contributed by atoms with Crippen LogP contribution >= 0.6 is 0 Å². The number of hydrogen-bond acceptors (Lipinski definition) is 2. The molecule has 7 heteroatoms. The third-order valence-electron chi connectivity index (χ3n) is 1.40. The lowest BCUT2D eigenvalue weighted by Crippen LogP contribution is -2.62. The maximum absolute atomic E-state index is 12.3. The summed E-state index contributed by atoms with van der Waals surface area (Å²) in [5.41, 5.74) is 1.58. The molecule has 0 aliphatic rings. The Hall–Kier alpha value is -0.430. The van der Waals surface area contributed by atoms with Gasteiger partial charge in [-0.1, -0.05) is 0 Å². The summed E-state index contributed by atoms with van der Waals surface area (Å²) in [5, 5.41) is 8.19. The van der Waals surface area contributed by atoms with E-state index in [1.807, 2.05) is 0 Å². The Morgan fingerprint density at radius 3 is 1.58 bits per heavy atom. The molecule has 0 aromatic rings. The number of halogens is 5. The molecular formula is C5H8F5NO. The molecule has 0 bridgehead atoms. The van der Waals surface area contributed by atoms with Crippen LogP contribution in [0.15, 0.2) is 0 Å². The number of aliphatic hydroxyl groups excluding tert-OH is 1. The Bertz CT molecular complexity index is 164. The third-order valence-corrected chi connectivity index (χ3v) is 1.40. The van der Waals surface area contributed by atoms with Gasteiger partial charge in [0, 0.05) is 0 Å². The lowest BCUT2D eigenvalue weighted by Gasteiger charge is -2.33. The molecule has 0 heterocycles. The first-order valence-corrected chi connectivity index (χ1v) is 2.90. The molecule has 0 aliphatic heterocycles. The van der Waals surface area contributed by atoms with Gasteiger partial charge in [0.25, 0.3) is 0 Å². The third kappa shape index (κ3) is 1.66. The van der Waals surface area contributed by atoms with Crippen molar-refractivity contribution in [3.8, 4) is 0 Å². The van der Waals surface area contributed by atoms with Crippen molar-refractivity contribution < 1.29 is 27.1 Å². The summed E-state index contributed by atoms with van der Waals surface area (Å²) < 4.78 is 59.3. The fourth-order valence-electron chi connectivity index (χ4n) is 0.423. The number of aliphatic hydroxyl groups is 1. The molecule has 2 nitrogen and oxygen atoms in total. The zero-order valence-electron chi connectivity index (χ0n) is 6.12. The number of alkyl halides is 5. The van der Waals surface area contributed by atoms with E-state index in [9.17, 15) is 22.0 Å². The van der Waals surface area contributed by atoms with E-state index in [0.717, 1.165) is 0 Å². The molecule has 0 saturated heterocycles. The summed E-state index contributed by atoms with van der Waals surface area (Å²) in [6.07, 6.45) is -5.74. The van der Waals surface area contributed by atoms with Crippen LogP contribution in [-0.4, -0.2) is 29.4 Å². The summed E-state index contributed by atoms with van der Waals surface area (Å²) in [7, 11) is 0. The second-order valence-corrected chi connectivity index (χ2v) is 2.65. The minimum atomic E-state index is -5.74. The Kier molecular flexibility index (Phi) is 2.71. The van der Waals surface area contributed by atoms with Crippen molar-refractivity contribution in [1.29, 1.82) is 0 Å². The van der Waals surface area contributed by atoms with Crippen molar-refractivity contribution in [2.75, 3.05) is 6.61 Å². The molecule has 0 fully saturated rings. The zero-order valence-corrected chi connectivity index (χ0v) is 6.12. The molecule has 3 N–H and O–H groups in total. The first kappa shape index (κ1) is 11.6. The minimum Gasteiger partial charge on any atom is -0.394 e. The van der Waals surface area contributed by atoms with E-state index < -0.39 is 24.2 Å². The van der Waals surface area contributed by atoms with Gasteiger partial charge in [0.1, 0.15) is 5.54 Å². The Labute approximate surface area is 65.2 Å². The topological polar surface area (TPSA) is 46.2 Å². The first-order valence-electron chi connectivity index (χ1n) is 2.90. The molecule has 0 saturated carbocycles. The van der Waals surface area contributed by atoms with Gasteiger partial charge in [-0.15, -0.1) is 0 Å². The molecular weight excluding hydrogens is 185 g/mol. The fraction of sp³-hybridized carbons (Fsp3) is 1.00. The van der Waals surface area contributed by atoms with Gasteiger partial charge in [-0.25, -0.2) is 0 Å². The van der Waals surface area contributed by atoms with Crippen LogP contribution in [0.4, 0.5) is 22.0 Å². The van der Waals surface area contributed by atoms with Gasteiger partial charge in [-0.3, -0.25) is 0 Å². The highest BCUT2D eigenvalue weighted by Crippen LogP contribution is 2.41. The molecule has 1 atom stereocenters. The maximum atomic E-state index is 12.3. The molecule has 0 spiro atoms. The monoisotopic (exact) mass is 193 g/mol. The van der Waals surface area contributed by atoms with E-state index in [2.05, 4.69) is 5.73 Å². The molecule has 74 valence electrons. The van der Waals surface area contributed by atoms with Gasteiger partial charge in [0.05, 0.1) is 6.61 Å². The normalized spacial score (nSPS) is 19.0. The average Bonchev–Trinajstić information content (AvgIpc) is 1.85. The quantitative estimate of drug-likeness (QED) is 0.640. The van der Waals surface area contributed by atoms with Crippen molar-refractivity contribution in [3.05, 3.63) is 0 Å². The van der Waals surface area contributed by atoms with Crippen LogP contribution in [0, 0.1) is 0 Å². The van der Waals surface area contributed by atoms with Crippen LogP contribution in [0.5, 0.6) is 0 Å². The van der Waals surface area contributed by atoms with Gasteiger partial charge in [0.2, 0.25) is 0 Å². The van der Waals surface area contributed by atoms with Crippen molar-refractivity contribution in [3.63, 3.8) is 0 Å². The largest absolute Gasteiger partial charge is 0.455 e. The van der Waals surface area contributed by atoms with E-state index >= 15 is 0 Å². The van der Waals surface area contributed by atoms with Crippen LogP contribution in [0.3, 0.4) is 0 Å². The van der Waals surface area contributed by atoms with E-state index in [-0.39, 0.29) is 0 Å². The molecule has 0 aliphatic carbocycles. The lowest BCUT2D eigenvalue weighted by molar-refractivity contribution is -0.308. The van der Waals surface area contributed by atoms with Crippen LogP contribution in [0.1, 0.15) is 6.92 Å². The highest BCUT2D eigenvalue weighted by atomic mass is 19.4. The van der Waals surface area contributed by atoms with Gasteiger partial charge in [-0.05, 0) is 6.92 Å². The maximum Gasteiger partial charge on any atom is 0.455 e. The summed E-state index contributed by atoms with van der Waals surface area (Å²) in [5.74, 6) is -5.09. The molecule has 0 aromatic carbocycles. The molecule has 0 radical (unpaired) electrons. The highest BCUT2D eigenvalue weighted by Gasteiger charge is 2.66. The summed E-state index contributed by atoms with van der Waals surface area (Å²) in [4.78, 5) is 0. The van der Waals surface area contributed by atoms with E-state index in [0.29, 0.717) is 6.92 Å². The predicted molar refractivity (Wildman–Crippen MR) is 30.7 cm³/mol. The molecule has 1 unspecified atom stereocenters. The van der Waals surface area contributed by atoms with Gasteiger partial charge >= 0.3 is 12.1 Å². The van der Waals surface area contributed by atoms with E-state index in [1.54, 1.807) is 0 Å².